The number of nitrogens with zero attached hydrogens (tertiary/aromatic N) is 3. The number of hydrogen-bond donors (Lipinski definition) is 0. The largest absolute Gasteiger partial charge is 0.493 e. The maximum atomic E-state index is 6.40. The fourth-order valence-electron chi connectivity index (χ4n) is 3.32. The molecule has 6 nitrogen and oxygen atoms in total. The smallest absolute Gasteiger partial charge is 0.162 e. The standard InChI is InChI=1S/C24H23N3O3/c1-14-7-6-9-26-23(14)24-22(11-15(2)16(3)27-24)30-19-8-10-25-18-13-21(29-5)20(28-4)12-17(18)19/h6-13H,1-5H3. The van der Waals surface area contributed by atoms with Gasteiger partial charge in [0.15, 0.2) is 17.2 Å². The van der Waals surface area contributed by atoms with Crippen molar-refractivity contribution in [2.45, 2.75) is 20.8 Å². The molecule has 0 saturated carbocycles. The Morgan fingerprint density at radius 3 is 2.20 bits per heavy atom. The minimum Gasteiger partial charge on any atom is -0.493 e. The number of aromatic nitrogens is 3. The van der Waals surface area contributed by atoms with Crippen LogP contribution in [0.1, 0.15) is 16.8 Å². The van der Waals surface area contributed by atoms with E-state index in [1.807, 2.05) is 57.2 Å². The van der Waals surface area contributed by atoms with Crippen LogP contribution in [0.2, 0.25) is 0 Å². The van der Waals surface area contributed by atoms with Crippen molar-refractivity contribution in [2.75, 3.05) is 14.2 Å². The molecule has 30 heavy (non-hydrogen) atoms. The first-order valence-corrected chi connectivity index (χ1v) is 9.60. The summed E-state index contributed by atoms with van der Waals surface area (Å²) in [6.45, 7) is 6.02. The van der Waals surface area contributed by atoms with Crippen molar-refractivity contribution in [1.82, 2.24) is 15.0 Å². The highest BCUT2D eigenvalue weighted by atomic mass is 16.5. The van der Waals surface area contributed by atoms with E-state index in [1.165, 1.54) is 0 Å². The fraction of sp³-hybridized carbons (Fsp3) is 0.208. The maximum absolute atomic E-state index is 6.40. The van der Waals surface area contributed by atoms with Crippen LogP contribution in [0.25, 0.3) is 22.3 Å². The zero-order valence-electron chi connectivity index (χ0n) is 17.7. The quantitative estimate of drug-likeness (QED) is 0.444. The summed E-state index contributed by atoms with van der Waals surface area (Å²) in [6.07, 6.45) is 3.48. The highest BCUT2D eigenvalue weighted by molar-refractivity contribution is 5.88. The highest BCUT2D eigenvalue weighted by Gasteiger charge is 2.17. The van der Waals surface area contributed by atoms with E-state index in [2.05, 4.69) is 9.97 Å². The average molecular weight is 401 g/mol. The van der Waals surface area contributed by atoms with Gasteiger partial charge in [-0.25, -0.2) is 4.98 Å². The molecule has 0 fully saturated rings. The first kappa shape index (κ1) is 19.6. The van der Waals surface area contributed by atoms with Crippen LogP contribution >= 0.6 is 0 Å². The van der Waals surface area contributed by atoms with E-state index in [-0.39, 0.29) is 0 Å². The molecule has 3 aromatic heterocycles. The molecule has 0 unspecified atom stereocenters. The number of rotatable bonds is 5. The Morgan fingerprint density at radius 2 is 1.47 bits per heavy atom. The molecular formula is C24H23N3O3. The van der Waals surface area contributed by atoms with Crippen molar-refractivity contribution in [3.8, 4) is 34.4 Å². The average Bonchev–Trinajstić information content (AvgIpc) is 2.76. The zero-order valence-corrected chi connectivity index (χ0v) is 17.7. The van der Waals surface area contributed by atoms with Crippen LogP contribution in [0.3, 0.4) is 0 Å². The van der Waals surface area contributed by atoms with E-state index in [0.29, 0.717) is 28.7 Å². The molecule has 0 aliphatic rings. The second kappa shape index (κ2) is 7.99. The van der Waals surface area contributed by atoms with Crippen molar-refractivity contribution >= 4 is 10.9 Å². The lowest BCUT2D eigenvalue weighted by Crippen LogP contribution is -1.99. The Labute approximate surface area is 175 Å². The van der Waals surface area contributed by atoms with Crippen LogP contribution in [0.15, 0.2) is 48.8 Å². The van der Waals surface area contributed by atoms with Crippen molar-refractivity contribution in [1.29, 1.82) is 0 Å². The van der Waals surface area contributed by atoms with E-state index >= 15 is 0 Å². The third kappa shape index (κ3) is 3.52. The first-order chi connectivity index (χ1) is 14.5. The fourth-order valence-corrected chi connectivity index (χ4v) is 3.32. The second-order valence-corrected chi connectivity index (χ2v) is 7.04. The molecular weight excluding hydrogens is 378 g/mol. The molecule has 0 atom stereocenters. The van der Waals surface area contributed by atoms with Gasteiger partial charge < -0.3 is 14.2 Å². The van der Waals surface area contributed by atoms with Gasteiger partial charge in [-0.15, -0.1) is 0 Å². The third-order valence-corrected chi connectivity index (χ3v) is 5.09. The van der Waals surface area contributed by atoms with Crippen molar-refractivity contribution in [3.63, 3.8) is 0 Å². The monoisotopic (exact) mass is 401 g/mol. The summed E-state index contributed by atoms with van der Waals surface area (Å²) >= 11 is 0. The maximum Gasteiger partial charge on any atom is 0.162 e. The molecule has 0 radical (unpaired) electrons. The normalized spacial score (nSPS) is 10.8. The molecule has 152 valence electrons. The second-order valence-electron chi connectivity index (χ2n) is 7.04. The summed E-state index contributed by atoms with van der Waals surface area (Å²) in [4.78, 5) is 13.8. The van der Waals surface area contributed by atoms with Gasteiger partial charge in [-0.3, -0.25) is 9.97 Å². The van der Waals surface area contributed by atoms with Crippen molar-refractivity contribution in [2.24, 2.45) is 0 Å². The van der Waals surface area contributed by atoms with Gasteiger partial charge in [-0.2, -0.15) is 0 Å². The first-order valence-electron chi connectivity index (χ1n) is 9.60. The molecule has 0 amide bonds. The lowest BCUT2D eigenvalue weighted by atomic mass is 10.1. The number of aryl methyl sites for hydroxylation is 3. The van der Waals surface area contributed by atoms with Crippen molar-refractivity contribution < 1.29 is 14.2 Å². The van der Waals surface area contributed by atoms with E-state index < -0.39 is 0 Å². The van der Waals surface area contributed by atoms with E-state index in [1.54, 1.807) is 26.6 Å². The molecule has 4 aromatic rings. The Morgan fingerprint density at radius 1 is 0.700 bits per heavy atom. The summed E-state index contributed by atoms with van der Waals surface area (Å²) in [5.41, 5.74) is 5.27. The molecule has 0 bridgehead atoms. The molecule has 1 aromatic carbocycles. The van der Waals surface area contributed by atoms with Crippen LogP contribution in [0, 0.1) is 20.8 Å². The van der Waals surface area contributed by atoms with Crippen LogP contribution in [0.4, 0.5) is 0 Å². The molecule has 0 saturated heterocycles. The van der Waals surface area contributed by atoms with E-state index in [4.69, 9.17) is 19.2 Å². The third-order valence-electron chi connectivity index (χ3n) is 5.09. The lowest BCUT2D eigenvalue weighted by Gasteiger charge is -2.16. The predicted octanol–water partition coefficient (Wildman–Crippen LogP) is 5.43. The van der Waals surface area contributed by atoms with Crippen LogP contribution in [-0.4, -0.2) is 29.2 Å². The van der Waals surface area contributed by atoms with Crippen LogP contribution < -0.4 is 14.2 Å². The molecule has 3 heterocycles. The van der Waals surface area contributed by atoms with Gasteiger partial charge in [0.2, 0.25) is 0 Å². The number of methoxy groups -OCH3 is 2. The van der Waals surface area contributed by atoms with Gasteiger partial charge >= 0.3 is 0 Å². The lowest BCUT2D eigenvalue weighted by molar-refractivity contribution is 0.355. The number of ether oxygens (including phenoxy) is 3. The van der Waals surface area contributed by atoms with Gasteiger partial charge in [0.1, 0.15) is 11.4 Å². The summed E-state index contributed by atoms with van der Waals surface area (Å²) in [5, 5.41) is 0.817. The predicted molar refractivity (Wildman–Crippen MR) is 117 cm³/mol. The summed E-state index contributed by atoms with van der Waals surface area (Å²) in [7, 11) is 3.21. The molecule has 0 aliphatic carbocycles. The highest BCUT2D eigenvalue weighted by Crippen LogP contribution is 2.39. The Balaban J connectivity index is 1.88. The van der Waals surface area contributed by atoms with Crippen LogP contribution in [-0.2, 0) is 0 Å². The molecule has 0 spiro atoms. The summed E-state index contributed by atoms with van der Waals surface area (Å²) < 4.78 is 17.3. The van der Waals surface area contributed by atoms with Gasteiger partial charge in [-0.1, -0.05) is 6.07 Å². The number of pyridine rings is 3. The summed E-state index contributed by atoms with van der Waals surface area (Å²) in [6, 6.07) is 11.5. The van der Waals surface area contributed by atoms with Gasteiger partial charge in [0.05, 0.1) is 25.4 Å². The molecule has 0 N–H and O–H groups in total. The zero-order chi connectivity index (χ0) is 21.3. The Hall–Kier alpha value is -3.67. The van der Waals surface area contributed by atoms with Gasteiger partial charge in [0, 0.05) is 29.5 Å². The number of benzene rings is 1. The number of fused-ring (bicyclic) bond motifs is 1. The van der Waals surface area contributed by atoms with Gasteiger partial charge in [0.25, 0.3) is 0 Å². The number of hydrogen-bond acceptors (Lipinski definition) is 6. The molecule has 0 aliphatic heterocycles. The summed E-state index contributed by atoms with van der Waals surface area (Å²) in [5.74, 6) is 2.53. The van der Waals surface area contributed by atoms with Crippen LogP contribution in [0.5, 0.6) is 23.0 Å². The minimum atomic E-state index is 0.613. The minimum absolute atomic E-state index is 0.613. The topological polar surface area (TPSA) is 66.4 Å². The van der Waals surface area contributed by atoms with Gasteiger partial charge in [-0.05, 0) is 56.2 Å². The molecule has 6 heteroatoms. The van der Waals surface area contributed by atoms with E-state index in [0.717, 1.165) is 33.4 Å². The van der Waals surface area contributed by atoms with Crippen molar-refractivity contribution in [3.05, 3.63) is 65.6 Å². The van der Waals surface area contributed by atoms with E-state index in [9.17, 15) is 0 Å². The Bertz CT molecular complexity index is 1240. The Kier molecular flexibility index (Phi) is 5.23. The molecule has 4 rings (SSSR count). The SMILES string of the molecule is COc1cc2nccc(Oc3cc(C)c(C)nc3-c3ncccc3C)c2cc1OC.